The third-order valence-corrected chi connectivity index (χ3v) is 4.34. The van der Waals surface area contributed by atoms with E-state index >= 15 is 0 Å². The minimum atomic E-state index is -0.590. The van der Waals surface area contributed by atoms with Gasteiger partial charge in [0.25, 0.3) is 0 Å². The molecule has 19 heavy (non-hydrogen) atoms. The van der Waals surface area contributed by atoms with Gasteiger partial charge in [0, 0.05) is 11.3 Å². The van der Waals surface area contributed by atoms with Gasteiger partial charge in [-0.2, -0.15) is 11.8 Å². The summed E-state index contributed by atoms with van der Waals surface area (Å²) < 4.78 is 5.22. The van der Waals surface area contributed by atoms with Gasteiger partial charge in [-0.05, 0) is 45.8 Å². The Kier molecular flexibility index (Phi) is 8.75. The minimum Gasteiger partial charge on any atom is -0.465 e. The highest BCUT2D eigenvalue weighted by atomic mass is 32.2. The molecule has 0 amide bonds. The first kappa shape index (κ1) is 18.8. The maximum absolute atomic E-state index is 12.2. The molecule has 3 nitrogen and oxygen atoms in total. The standard InChI is InChI=1S/C15H31NO2S/c1-8-18-14(17)15(7,16-12(4)5)9-13(6)19-10-11(2)3/h11-13,16H,8-10H2,1-7H3. The number of ether oxygens (including phenoxy) is 1. The zero-order valence-corrected chi connectivity index (χ0v) is 14.4. The van der Waals surface area contributed by atoms with Gasteiger partial charge in [-0.15, -0.1) is 0 Å². The molecule has 4 heteroatoms. The van der Waals surface area contributed by atoms with Crippen LogP contribution in [0.1, 0.15) is 54.9 Å². The summed E-state index contributed by atoms with van der Waals surface area (Å²) in [6, 6.07) is 0.261. The molecule has 0 aromatic heterocycles. The van der Waals surface area contributed by atoms with E-state index in [4.69, 9.17) is 4.74 Å². The van der Waals surface area contributed by atoms with Crippen LogP contribution in [0, 0.1) is 5.92 Å². The first-order chi connectivity index (χ1) is 8.71. The van der Waals surface area contributed by atoms with E-state index in [9.17, 15) is 4.79 Å². The summed E-state index contributed by atoms with van der Waals surface area (Å²) in [5.74, 6) is 1.67. The normalized spacial score (nSPS) is 16.5. The Hall–Kier alpha value is -0.220. The second-order valence-corrected chi connectivity index (χ2v) is 7.56. The van der Waals surface area contributed by atoms with Gasteiger partial charge >= 0.3 is 5.97 Å². The second-order valence-electron chi connectivity index (χ2n) is 6.09. The highest BCUT2D eigenvalue weighted by Crippen LogP contribution is 2.25. The van der Waals surface area contributed by atoms with Crippen molar-refractivity contribution < 1.29 is 9.53 Å². The van der Waals surface area contributed by atoms with Gasteiger partial charge in [0.1, 0.15) is 5.54 Å². The lowest BCUT2D eigenvalue weighted by Crippen LogP contribution is -2.54. The molecule has 0 aliphatic heterocycles. The van der Waals surface area contributed by atoms with Crippen molar-refractivity contribution in [3.05, 3.63) is 0 Å². The van der Waals surface area contributed by atoms with Crippen LogP contribution in [0.3, 0.4) is 0 Å². The summed E-state index contributed by atoms with van der Waals surface area (Å²) in [5.41, 5.74) is -0.590. The molecule has 0 aliphatic rings. The van der Waals surface area contributed by atoms with E-state index in [2.05, 4.69) is 39.9 Å². The molecule has 2 unspecified atom stereocenters. The molecule has 0 aliphatic carbocycles. The summed E-state index contributed by atoms with van der Waals surface area (Å²) in [5, 5.41) is 3.80. The molecule has 0 radical (unpaired) electrons. The molecule has 114 valence electrons. The fourth-order valence-corrected chi connectivity index (χ4v) is 3.28. The van der Waals surface area contributed by atoms with Crippen molar-refractivity contribution in [1.82, 2.24) is 5.32 Å². The van der Waals surface area contributed by atoms with E-state index in [1.165, 1.54) is 0 Å². The summed E-state index contributed by atoms with van der Waals surface area (Å²) in [6.45, 7) is 15.0. The van der Waals surface area contributed by atoms with Crippen molar-refractivity contribution in [3.63, 3.8) is 0 Å². The van der Waals surface area contributed by atoms with Crippen molar-refractivity contribution >= 4 is 17.7 Å². The maximum Gasteiger partial charge on any atom is 0.326 e. The van der Waals surface area contributed by atoms with E-state index in [-0.39, 0.29) is 12.0 Å². The molecular formula is C15H31NO2S. The molecular weight excluding hydrogens is 258 g/mol. The number of carbonyl (C=O) groups excluding carboxylic acids is 1. The molecule has 0 aromatic carbocycles. The number of nitrogens with one attached hydrogen (secondary N) is 1. The monoisotopic (exact) mass is 289 g/mol. The molecule has 0 aromatic rings. The van der Waals surface area contributed by atoms with Crippen LogP contribution in [0.15, 0.2) is 0 Å². The van der Waals surface area contributed by atoms with Crippen molar-refractivity contribution in [2.24, 2.45) is 5.92 Å². The van der Waals surface area contributed by atoms with Gasteiger partial charge in [0.15, 0.2) is 0 Å². The molecule has 0 saturated carbocycles. The van der Waals surface area contributed by atoms with Gasteiger partial charge in [0.2, 0.25) is 0 Å². The first-order valence-corrected chi connectivity index (χ1v) is 8.32. The third-order valence-electron chi connectivity index (χ3n) is 2.74. The van der Waals surface area contributed by atoms with E-state index in [1.54, 1.807) is 0 Å². The Bertz CT molecular complexity index is 269. The van der Waals surface area contributed by atoms with Crippen LogP contribution in [0.5, 0.6) is 0 Å². The van der Waals surface area contributed by atoms with Crippen LogP contribution < -0.4 is 5.32 Å². The average molecular weight is 289 g/mol. The largest absolute Gasteiger partial charge is 0.465 e. The van der Waals surface area contributed by atoms with Crippen LogP contribution >= 0.6 is 11.8 Å². The topological polar surface area (TPSA) is 38.3 Å². The molecule has 0 rings (SSSR count). The van der Waals surface area contributed by atoms with E-state index in [1.807, 2.05) is 25.6 Å². The van der Waals surface area contributed by atoms with Crippen molar-refractivity contribution in [3.8, 4) is 0 Å². The fourth-order valence-electron chi connectivity index (χ4n) is 2.12. The van der Waals surface area contributed by atoms with Crippen LogP contribution in [0.25, 0.3) is 0 Å². The Morgan fingerprint density at radius 1 is 1.26 bits per heavy atom. The lowest BCUT2D eigenvalue weighted by atomic mass is 9.95. The van der Waals surface area contributed by atoms with E-state index < -0.39 is 5.54 Å². The Morgan fingerprint density at radius 2 is 1.84 bits per heavy atom. The molecule has 0 spiro atoms. The number of hydrogen-bond donors (Lipinski definition) is 1. The average Bonchev–Trinajstić information content (AvgIpc) is 2.25. The number of carbonyl (C=O) groups is 1. The van der Waals surface area contributed by atoms with Crippen molar-refractivity contribution in [2.75, 3.05) is 12.4 Å². The van der Waals surface area contributed by atoms with Gasteiger partial charge in [-0.3, -0.25) is 10.1 Å². The molecule has 0 bridgehead atoms. The lowest BCUT2D eigenvalue weighted by molar-refractivity contribution is -0.151. The predicted molar refractivity (Wildman–Crippen MR) is 84.7 cm³/mol. The SMILES string of the molecule is CCOC(=O)C(C)(CC(C)SCC(C)C)NC(C)C. The third kappa shape index (κ3) is 7.83. The van der Waals surface area contributed by atoms with E-state index in [0.717, 1.165) is 12.2 Å². The van der Waals surface area contributed by atoms with Crippen molar-refractivity contribution in [1.29, 1.82) is 0 Å². The molecule has 0 fully saturated rings. The second kappa shape index (κ2) is 8.85. The summed E-state index contributed by atoms with van der Waals surface area (Å²) in [7, 11) is 0. The zero-order chi connectivity index (χ0) is 15.1. The summed E-state index contributed by atoms with van der Waals surface area (Å²) in [6.07, 6.45) is 0.793. The Balaban J connectivity index is 4.61. The summed E-state index contributed by atoms with van der Waals surface area (Å²) in [4.78, 5) is 12.2. The highest BCUT2D eigenvalue weighted by Gasteiger charge is 2.36. The van der Waals surface area contributed by atoms with Gasteiger partial charge in [-0.25, -0.2) is 0 Å². The summed E-state index contributed by atoms with van der Waals surface area (Å²) >= 11 is 1.93. The first-order valence-electron chi connectivity index (χ1n) is 7.27. The number of hydrogen-bond acceptors (Lipinski definition) is 4. The molecule has 0 saturated heterocycles. The Morgan fingerprint density at radius 3 is 2.26 bits per heavy atom. The Labute approximate surface area is 123 Å². The number of rotatable bonds is 9. The molecule has 0 heterocycles. The van der Waals surface area contributed by atoms with Crippen molar-refractivity contribution in [2.45, 2.75) is 71.7 Å². The predicted octanol–water partition coefficient (Wildman–Crippen LogP) is 3.47. The quantitative estimate of drug-likeness (QED) is 0.660. The van der Waals surface area contributed by atoms with Crippen LogP contribution in [-0.2, 0) is 9.53 Å². The highest BCUT2D eigenvalue weighted by molar-refractivity contribution is 7.99. The van der Waals surface area contributed by atoms with Gasteiger partial charge in [-0.1, -0.05) is 20.8 Å². The van der Waals surface area contributed by atoms with Crippen LogP contribution in [0.4, 0.5) is 0 Å². The van der Waals surface area contributed by atoms with Gasteiger partial charge < -0.3 is 4.74 Å². The van der Waals surface area contributed by atoms with Gasteiger partial charge in [0.05, 0.1) is 6.61 Å². The maximum atomic E-state index is 12.2. The number of thioether (sulfide) groups is 1. The minimum absolute atomic E-state index is 0.138. The van der Waals surface area contributed by atoms with Crippen LogP contribution in [-0.4, -0.2) is 35.2 Å². The zero-order valence-electron chi connectivity index (χ0n) is 13.6. The number of esters is 1. The van der Waals surface area contributed by atoms with E-state index in [0.29, 0.717) is 17.8 Å². The van der Waals surface area contributed by atoms with Crippen LogP contribution in [0.2, 0.25) is 0 Å². The molecule has 2 atom stereocenters. The lowest BCUT2D eigenvalue weighted by Gasteiger charge is -2.33. The fraction of sp³-hybridized carbons (Fsp3) is 0.933. The molecule has 1 N–H and O–H groups in total. The smallest absolute Gasteiger partial charge is 0.326 e.